The zero-order valence-corrected chi connectivity index (χ0v) is 10.4. The lowest BCUT2D eigenvalue weighted by atomic mass is 10.0. The van der Waals surface area contributed by atoms with E-state index in [-0.39, 0.29) is 30.3 Å². The third-order valence-electron chi connectivity index (χ3n) is 2.78. The molecule has 0 saturated carbocycles. The quantitative estimate of drug-likeness (QED) is 0.551. The van der Waals surface area contributed by atoms with Crippen molar-refractivity contribution in [3.05, 3.63) is 0 Å². The molecule has 1 aliphatic heterocycles. The highest BCUT2D eigenvalue weighted by Crippen LogP contribution is 2.13. The monoisotopic (exact) mass is 243 g/mol. The maximum Gasteiger partial charge on any atom is 0.239 e. The predicted octanol–water partition coefficient (Wildman–Crippen LogP) is -1.14. The lowest BCUT2D eigenvalue weighted by molar-refractivity contribution is -0.128. The lowest BCUT2D eigenvalue weighted by Gasteiger charge is -2.18. The van der Waals surface area contributed by atoms with Gasteiger partial charge in [0.05, 0.1) is 25.7 Å². The van der Waals surface area contributed by atoms with E-state index < -0.39 is 0 Å². The third-order valence-corrected chi connectivity index (χ3v) is 2.78. The van der Waals surface area contributed by atoms with E-state index >= 15 is 0 Å². The highest BCUT2D eigenvalue weighted by molar-refractivity contribution is 5.86. The molecule has 6 heteroatoms. The molecule has 0 aromatic rings. The number of likely N-dealkylation sites (N-methyl/N-ethyl adjacent to an activating group) is 1. The van der Waals surface area contributed by atoms with Gasteiger partial charge in [-0.15, -0.1) is 0 Å². The molecule has 0 bridgehead atoms. The Bertz CT molecular complexity index is 271. The van der Waals surface area contributed by atoms with Crippen LogP contribution in [0, 0.1) is 5.92 Å². The molecular weight excluding hydrogens is 222 g/mol. The van der Waals surface area contributed by atoms with Crippen molar-refractivity contribution in [3.8, 4) is 0 Å². The van der Waals surface area contributed by atoms with Crippen molar-refractivity contribution in [1.29, 1.82) is 0 Å². The molecule has 0 radical (unpaired) electrons. The summed E-state index contributed by atoms with van der Waals surface area (Å²) in [6, 6.07) is 0.0552. The van der Waals surface area contributed by atoms with E-state index in [2.05, 4.69) is 22.9 Å². The van der Waals surface area contributed by atoms with Gasteiger partial charge in [0.1, 0.15) is 0 Å². The zero-order valence-electron chi connectivity index (χ0n) is 10.4. The summed E-state index contributed by atoms with van der Waals surface area (Å²) in [5.74, 6) is -0.527. The molecule has 6 nitrogen and oxygen atoms in total. The number of hydrogen-bond acceptors (Lipinski definition) is 4. The summed E-state index contributed by atoms with van der Waals surface area (Å²) < 4.78 is 5.30. The van der Waals surface area contributed by atoms with Gasteiger partial charge in [-0.1, -0.05) is 6.92 Å². The molecule has 0 aliphatic carbocycles. The average Bonchev–Trinajstić information content (AvgIpc) is 2.81. The maximum atomic E-state index is 11.8. The Morgan fingerprint density at radius 3 is 2.76 bits per heavy atom. The highest BCUT2D eigenvalue weighted by Gasteiger charge is 2.33. The molecule has 0 aromatic carbocycles. The number of carbonyl (C=O) groups excluding carboxylic acids is 2. The molecule has 2 unspecified atom stereocenters. The molecule has 17 heavy (non-hydrogen) atoms. The Labute approximate surface area is 101 Å². The van der Waals surface area contributed by atoms with Gasteiger partial charge in [-0.05, 0) is 13.0 Å². The molecular formula is C11H21N3O3. The number of amides is 2. The molecule has 1 saturated heterocycles. The van der Waals surface area contributed by atoms with Crippen LogP contribution in [0.2, 0.25) is 0 Å². The van der Waals surface area contributed by atoms with E-state index in [0.717, 1.165) is 13.0 Å². The molecule has 0 aromatic heterocycles. The fourth-order valence-corrected chi connectivity index (χ4v) is 1.73. The summed E-state index contributed by atoms with van der Waals surface area (Å²) in [6.45, 7) is 3.93. The van der Waals surface area contributed by atoms with Crippen molar-refractivity contribution in [3.63, 3.8) is 0 Å². The minimum absolute atomic E-state index is 0.0202. The van der Waals surface area contributed by atoms with Crippen LogP contribution in [-0.4, -0.2) is 51.2 Å². The topological polar surface area (TPSA) is 79.5 Å². The number of carbonyl (C=O) groups is 2. The number of rotatable bonds is 6. The number of ether oxygens (including phenoxy) is 1. The summed E-state index contributed by atoms with van der Waals surface area (Å²) >= 11 is 0. The number of nitrogens with one attached hydrogen (secondary N) is 3. The van der Waals surface area contributed by atoms with Gasteiger partial charge in [-0.25, -0.2) is 0 Å². The Hall–Kier alpha value is -1.14. The van der Waals surface area contributed by atoms with Crippen molar-refractivity contribution in [1.82, 2.24) is 16.0 Å². The van der Waals surface area contributed by atoms with Gasteiger partial charge < -0.3 is 20.7 Å². The first-order chi connectivity index (χ1) is 8.19. The Morgan fingerprint density at radius 2 is 2.12 bits per heavy atom. The molecule has 1 aliphatic rings. The van der Waals surface area contributed by atoms with E-state index in [1.807, 2.05) is 0 Å². The molecule has 3 N–H and O–H groups in total. The second-order valence-corrected chi connectivity index (χ2v) is 4.10. The van der Waals surface area contributed by atoms with Crippen LogP contribution in [0.1, 0.15) is 13.3 Å². The van der Waals surface area contributed by atoms with Crippen LogP contribution in [0.25, 0.3) is 0 Å². The van der Waals surface area contributed by atoms with Crippen molar-refractivity contribution in [2.24, 2.45) is 5.92 Å². The Kier molecular flexibility index (Phi) is 5.93. The van der Waals surface area contributed by atoms with E-state index in [0.29, 0.717) is 13.2 Å². The summed E-state index contributed by atoms with van der Waals surface area (Å²) in [4.78, 5) is 22.8. The summed E-state index contributed by atoms with van der Waals surface area (Å²) in [6.07, 6.45) is 1.02. The first-order valence-corrected chi connectivity index (χ1v) is 5.98. The zero-order chi connectivity index (χ0) is 12.7. The normalized spacial score (nSPS) is 23.4. The second-order valence-electron chi connectivity index (χ2n) is 4.10. The van der Waals surface area contributed by atoms with Gasteiger partial charge >= 0.3 is 0 Å². The van der Waals surface area contributed by atoms with Crippen molar-refractivity contribution in [2.75, 3.05) is 33.4 Å². The molecule has 0 spiro atoms. The Balaban J connectivity index is 2.36. The van der Waals surface area contributed by atoms with Crippen molar-refractivity contribution >= 4 is 11.8 Å². The van der Waals surface area contributed by atoms with Gasteiger partial charge in [-0.2, -0.15) is 0 Å². The van der Waals surface area contributed by atoms with Gasteiger partial charge in [0.2, 0.25) is 11.8 Å². The van der Waals surface area contributed by atoms with Crippen LogP contribution in [0.3, 0.4) is 0 Å². The van der Waals surface area contributed by atoms with Gasteiger partial charge in [0.15, 0.2) is 0 Å². The smallest absolute Gasteiger partial charge is 0.239 e. The minimum Gasteiger partial charge on any atom is -0.379 e. The molecule has 1 rings (SSSR count). The van der Waals surface area contributed by atoms with E-state index in [1.165, 1.54) is 0 Å². The SMILES string of the molecule is CCCNC1COCC1C(=O)NCC(=O)NC. The number of hydrogen-bond donors (Lipinski definition) is 3. The third kappa shape index (κ3) is 4.32. The van der Waals surface area contributed by atoms with E-state index in [1.54, 1.807) is 7.05 Å². The summed E-state index contributed by atoms with van der Waals surface area (Å²) in [5, 5.41) is 8.34. The molecule has 2 atom stereocenters. The average molecular weight is 243 g/mol. The standard InChI is InChI=1S/C11H21N3O3/c1-3-4-13-9-7-17-6-8(9)11(16)14-5-10(15)12-2/h8-9,13H,3-7H2,1-2H3,(H,12,15)(H,14,16). The van der Waals surface area contributed by atoms with Crippen LogP contribution >= 0.6 is 0 Å². The molecule has 1 fully saturated rings. The second kappa shape index (κ2) is 7.24. The van der Waals surface area contributed by atoms with E-state index in [4.69, 9.17) is 4.74 Å². The fourth-order valence-electron chi connectivity index (χ4n) is 1.73. The first kappa shape index (κ1) is 13.9. The molecule has 1 heterocycles. The largest absolute Gasteiger partial charge is 0.379 e. The van der Waals surface area contributed by atoms with Crippen molar-refractivity contribution in [2.45, 2.75) is 19.4 Å². The summed E-state index contributed by atoms with van der Waals surface area (Å²) in [5.41, 5.74) is 0. The van der Waals surface area contributed by atoms with Crippen LogP contribution < -0.4 is 16.0 Å². The molecule has 98 valence electrons. The van der Waals surface area contributed by atoms with Crippen LogP contribution in [0.5, 0.6) is 0 Å². The lowest BCUT2D eigenvalue weighted by Crippen LogP contribution is -2.46. The predicted molar refractivity (Wildman–Crippen MR) is 63.5 cm³/mol. The van der Waals surface area contributed by atoms with Gasteiger partial charge in [0, 0.05) is 13.1 Å². The van der Waals surface area contributed by atoms with E-state index in [9.17, 15) is 9.59 Å². The van der Waals surface area contributed by atoms with Crippen LogP contribution in [0.15, 0.2) is 0 Å². The first-order valence-electron chi connectivity index (χ1n) is 5.98. The molecule has 2 amide bonds. The van der Waals surface area contributed by atoms with Gasteiger partial charge in [0.25, 0.3) is 0 Å². The summed E-state index contributed by atoms with van der Waals surface area (Å²) in [7, 11) is 1.54. The van der Waals surface area contributed by atoms with Crippen LogP contribution in [0.4, 0.5) is 0 Å². The highest BCUT2D eigenvalue weighted by atomic mass is 16.5. The van der Waals surface area contributed by atoms with Crippen molar-refractivity contribution < 1.29 is 14.3 Å². The fraction of sp³-hybridized carbons (Fsp3) is 0.818. The Morgan fingerprint density at radius 1 is 1.35 bits per heavy atom. The maximum absolute atomic E-state index is 11.8. The minimum atomic E-state index is -0.203. The van der Waals surface area contributed by atoms with Crippen LogP contribution in [-0.2, 0) is 14.3 Å². The van der Waals surface area contributed by atoms with Gasteiger partial charge in [-0.3, -0.25) is 9.59 Å².